The van der Waals surface area contributed by atoms with Crippen molar-refractivity contribution in [1.29, 1.82) is 0 Å². The van der Waals surface area contributed by atoms with Gasteiger partial charge in [-0.3, -0.25) is 4.79 Å². The van der Waals surface area contributed by atoms with Crippen molar-refractivity contribution in [2.45, 2.75) is 19.6 Å². The molecule has 0 aliphatic carbocycles. The van der Waals surface area contributed by atoms with Crippen LogP contribution >= 0.6 is 0 Å². The lowest BCUT2D eigenvalue weighted by molar-refractivity contribution is -0.137. The van der Waals surface area contributed by atoms with E-state index >= 15 is 0 Å². The van der Waals surface area contributed by atoms with Gasteiger partial charge >= 0.3 is 6.18 Å². The van der Waals surface area contributed by atoms with E-state index in [1.165, 1.54) is 24.5 Å². The SMILES string of the molecule is Cc1ncnc2c1c(NCc1ccc(C(F)(F)F)cc1)cc(=O)n2O. The van der Waals surface area contributed by atoms with Gasteiger partial charge in [0.2, 0.25) is 0 Å². The van der Waals surface area contributed by atoms with E-state index < -0.39 is 17.3 Å². The molecule has 0 bridgehead atoms. The van der Waals surface area contributed by atoms with Crippen molar-refractivity contribution in [3.05, 3.63) is 63.8 Å². The lowest BCUT2D eigenvalue weighted by Crippen LogP contribution is -2.20. The van der Waals surface area contributed by atoms with Crippen LogP contribution in [-0.2, 0) is 12.7 Å². The summed E-state index contributed by atoms with van der Waals surface area (Å²) in [5, 5.41) is 13.2. The highest BCUT2D eigenvalue weighted by Crippen LogP contribution is 2.29. The number of alkyl halides is 3. The van der Waals surface area contributed by atoms with Gasteiger partial charge < -0.3 is 10.5 Å². The molecular weight excluding hydrogens is 337 g/mol. The molecule has 2 aromatic heterocycles. The van der Waals surface area contributed by atoms with E-state index in [4.69, 9.17) is 0 Å². The number of anilines is 1. The summed E-state index contributed by atoms with van der Waals surface area (Å²) in [5.41, 5.74) is 0.180. The van der Waals surface area contributed by atoms with E-state index in [-0.39, 0.29) is 12.2 Å². The number of benzene rings is 1. The number of nitrogens with zero attached hydrogens (tertiary/aromatic N) is 3. The second kappa shape index (κ2) is 6.08. The number of aryl methyl sites for hydroxylation is 1. The Morgan fingerprint density at radius 3 is 2.52 bits per heavy atom. The molecule has 0 spiro atoms. The standard InChI is InChI=1S/C16H13F3N4O2/c1-9-14-12(6-13(24)23(25)15(14)22-8-21-9)20-7-10-2-4-11(5-3-10)16(17,18)19/h2-6,8,20,25H,7H2,1H3. The number of hydrogen-bond donors (Lipinski definition) is 2. The largest absolute Gasteiger partial charge is 0.423 e. The van der Waals surface area contributed by atoms with Crippen molar-refractivity contribution < 1.29 is 18.4 Å². The van der Waals surface area contributed by atoms with Crippen molar-refractivity contribution in [2.75, 3.05) is 5.32 Å². The summed E-state index contributed by atoms with van der Waals surface area (Å²) in [6.07, 6.45) is -3.16. The average molecular weight is 350 g/mol. The van der Waals surface area contributed by atoms with E-state index in [0.717, 1.165) is 12.1 Å². The Hall–Kier alpha value is -3.10. The number of aromatic nitrogens is 3. The Balaban J connectivity index is 1.91. The van der Waals surface area contributed by atoms with Gasteiger partial charge in [-0.1, -0.05) is 12.1 Å². The maximum atomic E-state index is 12.6. The zero-order valence-corrected chi connectivity index (χ0v) is 13.0. The zero-order valence-electron chi connectivity index (χ0n) is 13.0. The number of rotatable bonds is 3. The summed E-state index contributed by atoms with van der Waals surface area (Å²) in [6, 6.07) is 5.89. The first-order chi connectivity index (χ1) is 11.8. The molecule has 25 heavy (non-hydrogen) atoms. The highest BCUT2D eigenvalue weighted by Gasteiger charge is 2.29. The van der Waals surface area contributed by atoms with Crippen LogP contribution < -0.4 is 10.9 Å². The molecule has 3 rings (SSSR count). The second-order valence-electron chi connectivity index (χ2n) is 5.41. The van der Waals surface area contributed by atoms with Crippen molar-refractivity contribution in [2.24, 2.45) is 0 Å². The molecule has 130 valence electrons. The molecule has 3 aromatic rings. The van der Waals surface area contributed by atoms with Gasteiger partial charge in [0, 0.05) is 12.6 Å². The fourth-order valence-electron chi connectivity index (χ4n) is 2.45. The normalized spacial score (nSPS) is 11.7. The molecule has 2 heterocycles. The van der Waals surface area contributed by atoms with Crippen molar-refractivity contribution in [1.82, 2.24) is 14.7 Å². The number of hydrogen-bond acceptors (Lipinski definition) is 5. The van der Waals surface area contributed by atoms with E-state index in [1.54, 1.807) is 6.92 Å². The Morgan fingerprint density at radius 2 is 1.88 bits per heavy atom. The Kier molecular flexibility index (Phi) is 4.07. The Labute approximate surface area is 139 Å². The summed E-state index contributed by atoms with van der Waals surface area (Å²) < 4.78 is 38.2. The van der Waals surface area contributed by atoms with Gasteiger partial charge in [0.25, 0.3) is 5.56 Å². The minimum Gasteiger partial charge on any atom is -0.423 e. The molecule has 0 aliphatic rings. The van der Waals surface area contributed by atoms with E-state index in [0.29, 0.717) is 27.1 Å². The van der Waals surface area contributed by atoms with Crippen LogP contribution in [0.2, 0.25) is 0 Å². The highest BCUT2D eigenvalue weighted by atomic mass is 19.4. The zero-order chi connectivity index (χ0) is 18.2. The summed E-state index contributed by atoms with van der Waals surface area (Å²) >= 11 is 0. The highest BCUT2D eigenvalue weighted by molar-refractivity contribution is 5.90. The number of pyridine rings is 1. The van der Waals surface area contributed by atoms with Gasteiger partial charge in [-0.25, -0.2) is 9.97 Å². The topological polar surface area (TPSA) is 80.0 Å². The van der Waals surface area contributed by atoms with Crippen LogP contribution in [0.25, 0.3) is 11.0 Å². The molecule has 0 unspecified atom stereocenters. The van der Waals surface area contributed by atoms with Crippen LogP contribution in [0, 0.1) is 6.92 Å². The molecule has 2 N–H and O–H groups in total. The molecular formula is C16H13F3N4O2. The van der Waals surface area contributed by atoms with Gasteiger partial charge in [0.1, 0.15) is 6.33 Å². The fraction of sp³-hybridized carbons (Fsp3) is 0.188. The molecule has 9 heteroatoms. The van der Waals surface area contributed by atoms with E-state index in [2.05, 4.69) is 15.3 Å². The monoisotopic (exact) mass is 350 g/mol. The van der Waals surface area contributed by atoms with E-state index in [1.807, 2.05) is 0 Å². The quantitative estimate of drug-likeness (QED) is 0.710. The first-order valence-electron chi connectivity index (χ1n) is 7.24. The van der Waals surface area contributed by atoms with Gasteiger partial charge in [-0.05, 0) is 24.6 Å². The third kappa shape index (κ3) is 3.25. The summed E-state index contributed by atoms with van der Waals surface area (Å²) in [5.74, 6) is 0. The van der Waals surface area contributed by atoms with Crippen molar-refractivity contribution in [3.8, 4) is 0 Å². The maximum absolute atomic E-state index is 12.6. The summed E-state index contributed by atoms with van der Waals surface area (Å²) in [6.45, 7) is 1.88. The first-order valence-corrected chi connectivity index (χ1v) is 7.24. The van der Waals surface area contributed by atoms with Crippen LogP contribution in [0.15, 0.2) is 41.5 Å². The second-order valence-corrected chi connectivity index (χ2v) is 5.41. The Morgan fingerprint density at radius 1 is 1.20 bits per heavy atom. The van der Waals surface area contributed by atoms with Crippen LogP contribution in [0.4, 0.5) is 18.9 Å². The smallest absolute Gasteiger partial charge is 0.416 e. The third-order valence-corrected chi connectivity index (χ3v) is 3.73. The molecule has 6 nitrogen and oxygen atoms in total. The third-order valence-electron chi connectivity index (χ3n) is 3.73. The van der Waals surface area contributed by atoms with Gasteiger partial charge in [-0.2, -0.15) is 13.2 Å². The van der Waals surface area contributed by atoms with Crippen LogP contribution in [-0.4, -0.2) is 19.9 Å². The molecule has 0 saturated carbocycles. The lowest BCUT2D eigenvalue weighted by atomic mass is 10.1. The summed E-state index contributed by atoms with van der Waals surface area (Å²) in [7, 11) is 0. The molecule has 0 radical (unpaired) electrons. The lowest BCUT2D eigenvalue weighted by Gasteiger charge is -2.12. The van der Waals surface area contributed by atoms with Crippen molar-refractivity contribution in [3.63, 3.8) is 0 Å². The molecule has 0 amide bonds. The average Bonchev–Trinajstić information content (AvgIpc) is 2.56. The predicted octanol–water partition coefficient (Wildman–Crippen LogP) is 2.97. The molecule has 1 aromatic carbocycles. The van der Waals surface area contributed by atoms with Crippen LogP contribution in [0.3, 0.4) is 0 Å². The number of fused-ring (bicyclic) bond motifs is 1. The molecule has 0 atom stereocenters. The Bertz CT molecular complexity index is 982. The molecule has 0 saturated heterocycles. The maximum Gasteiger partial charge on any atom is 0.416 e. The molecule has 0 aliphatic heterocycles. The fourth-order valence-corrected chi connectivity index (χ4v) is 2.45. The number of nitrogens with one attached hydrogen (secondary N) is 1. The minimum absolute atomic E-state index is 0.0509. The molecule has 0 fully saturated rings. The number of halogens is 3. The van der Waals surface area contributed by atoms with Gasteiger partial charge in [0.15, 0.2) is 5.65 Å². The van der Waals surface area contributed by atoms with Gasteiger partial charge in [0.05, 0.1) is 22.3 Å². The first kappa shape index (κ1) is 16.7. The predicted molar refractivity (Wildman–Crippen MR) is 84.5 cm³/mol. The summed E-state index contributed by atoms with van der Waals surface area (Å²) in [4.78, 5) is 19.7. The minimum atomic E-state index is -4.39. The van der Waals surface area contributed by atoms with Gasteiger partial charge in [-0.15, -0.1) is 4.73 Å². The van der Waals surface area contributed by atoms with Crippen LogP contribution in [0.5, 0.6) is 0 Å². The van der Waals surface area contributed by atoms with Crippen molar-refractivity contribution >= 4 is 16.7 Å². The van der Waals surface area contributed by atoms with E-state index in [9.17, 15) is 23.2 Å². The van der Waals surface area contributed by atoms with Crippen LogP contribution in [0.1, 0.15) is 16.8 Å².